The standard InChI is InChI=1S/C16H13F3N2O2/c1-10-7-11(9-12(8-10)16(17,18)19)15-20-6-5-13(21-15)3-4-14(22)23-2/h3-9H,1-2H3/b4-3-. The average Bonchev–Trinajstić information content (AvgIpc) is 2.51. The summed E-state index contributed by atoms with van der Waals surface area (Å²) in [4.78, 5) is 19.2. The van der Waals surface area contributed by atoms with Crippen LogP contribution in [0.5, 0.6) is 0 Å². The second-order valence-corrected chi connectivity index (χ2v) is 4.75. The van der Waals surface area contributed by atoms with E-state index in [1.54, 1.807) is 13.0 Å². The molecular formula is C16H13F3N2O2. The zero-order valence-corrected chi connectivity index (χ0v) is 12.4. The zero-order valence-electron chi connectivity index (χ0n) is 12.4. The third-order valence-corrected chi connectivity index (χ3v) is 2.93. The first-order chi connectivity index (χ1) is 10.8. The highest BCUT2D eigenvalue weighted by Gasteiger charge is 2.31. The molecule has 1 aromatic carbocycles. The summed E-state index contributed by atoms with van der Waals surface area (Å²) in [5.41, 5.74) is 0.335. The minimum atomic E-state index is -4.44. The van der Waals surface area contributed by atoms with Crippen LogP contribution in [0.3, 0.4) is 0 Å². The Kier molecular flexibility index (Phi) is 4.78. The van der Waals surface area contributed by atoms with Crippen LogP contribution in [0.1, 0.15) is 16.8 Å². The third kappa shape index (κ3) is 4.38. The van der Waals surface area contributed by atoms with E-state index in [1.807, 2.05) is 0 Å². The number of carbonyl (C=O) groups excluding carboxylic acids is 1. The molecule has 0 radical (unpaired) electrons. The van der Waals surface area contributed by atoms with Crippen molar-refractivity contribution in [1.29, 1.82) is 0 Å². The minimum Gasteiger partial charge on any atom is -0.466 e. The molecular weight excluding hydrogens is 309 g/mol. The Morgan fingerprint density at radius 1 is 1.26 bits per heavy atom. The van der Waals surface area contributed by atoms with Crippen molar-refractivity contribution in [3.63, 3.8) is 0 Å². The lowest BCUT2D eigenvalue weighted by Crippen LogP contribution is -2.06. The van der Waals surface area contributed by atoms with Crippen LogP contribution in [-0.4, -0.2) is 23.0 Å². The normalized spacial score (nSPS) is 11.7. The number of alkyl halides is 3. The second-order valence-electron chi connectivity index (χ2n) is 4.75. The molecule has 1 heterocycles. The summed E-state index contributed by atoms with van der Waals surface area (Å²) in [6.07, 6.45) is -0.459. The maximum Gasteiger partial charge on any atom is 0.416 e. The first-order valence-corrected chi connectivity index (χ1v) is 6.58. The van der Waals surface area contributed by atoms with Crippen LogP contribution in [0.25, 0.3) is 17.5 Å². The topological polar surface area (TPSA) is 52.1 Å². The quantitative estimate of drug-likeness (QED) is 0.639. The number of methoxy groups -OCH3 is 1. The van der Waals surface area contributed by atoms with Crippen molar-refractivity contribution in [2.75, 3.05) is 7.11 Å². The van der Waals surface area contributed by atoms with Gasteiger partial charge in [0.2, 0.25) is 0 Å². The molecule has 0 atom stereocenters. The smallest absolute Gasteiger partial charge is 0.416 e. The number of benzene rings is 1. The molecule has 0 unspecified atom stereocenters. The average molecular weight is 322 g/mol. The van der Waals surface area contributed by atoms with E-state index >= 15 is 0 Å². The zero-order chi connectivity index (χ0) is 17.0. The minimum absolute atomic E-state index is 0.145. The molecule has 0 saturated carbocycles. The van der Waals surface area contributed by atoms with Gasteiger partial charge in [-0.25, -0.2) is 14.8 Å². The molecule has 0 saturated heterocycles. The van der Waals surface area contributed by atoms with Gasteiger partial charge in [0.1, 0.15) is 0 Å². The number of nitrogens with zero attached hydrogens (tertiary/aromatic N) is 2. The van der Waals surface area contributed by atoms with Gasteiger partial charge in [-0.05, 0) is 42.8 Å². The van der Waals surface area contributed by atoms with Crippen LogP contribution in [0.4, 0.5) is 13.2 Å². The van der Waals surface area contributed by atoms with Crippen molar-refractivity contribution >= 4 is 12.0 Å². The number of rotatable bonds is 3. The van der Waals surface area contributed by atoms with Gasteiger partial charge in [0, 0.05) is 17.8 Å². The summed E-state index contributed by atoms with van der Waals surface area (Å²) in [6.45, 7) is 1.57. The summed E-state index contributed by atoms with van der Waals surface area (Å²) in [5, 5.41) is 0. The molecule has 1 aromatic heterocycles. The molecule has 0 aliphatic carbocycles. The predicted octanol–water partition coefficient (Wildman–Crippen LogP) is 3.66. The molecule has 0 bridgehead atoms. The molecule has 0 spiro atoms. The van der Waals surface area contributed by atoms with E-state index < -0.39 is 17.7 Å². The Labute approximate surface area is 130 Å². The Morgan fingerprint density at radius 2 is 2.00 bits per heavy atom. The fourth-order valence-electron chi connectivity index (χ4n) is 1.90. The van der Waals surface area contributed by atoms with E-state index in [9.17, 15) is 18.0 Å². The van der Waals surface area contributed by atoms with E-state index in [2.05, 4.69) is 14.7 Å². The van der Waals surface area contributed by atoms with Crippen molar-refractivity contribution in [3.05, 3.63) is 53.4 Å². The van der Waals surface area contributed by atoms with Crippen molar-refractivity contribution < 1.29 is 22.7 Å². The van der Waals surface area contributed by atoms with Crippen molar-refractivity contribution in [2.24, 2.45) is 0 Å². The van der Waals surface area contributed by atoms with Gasteiger partial charge >= 0.3 is 12.1 Å². The fourth-order valence-corrected chi connectivity index (χ4v) is 1.90. The molecule has 2 rings (SSSR count). The Hall–Kier alpha value is -2.70. The van der Waals surface area contributed by atoms with Gasteiger partial charge in [-0.15, -0.1) is 0 Å². The number of aryl methyl sites for hydroxylation is 1. The number of aromatic nitrogens is 2. The first kappa shape index (κ1) is 16.7. The van der Waals surface area contributed by atoms with Crippen LogP contribution in [0, 0.1) is 6.92 Å². The lowest BCUT2D eigenvalue weighted by Gasteiger charge is -2.10. The molecule has 23 heavy (non-hydrogen) atoms. The number of carbonyl (C=O) groups is 1. The van der Waals surface area contributed by atoms with Crippen molar-refractivity contribution in [2.45, 2.75) is 13.1 Å². The van der Waals surface area contributed by atoms with Crippen molar-refractivity contribution in [3.8, 4) is 11.4 Å². The highest BCUT2D eigenvalue weighted by atomic mass is 19.4. The van der Waals surface area contributed by atoms with Gasteiger partial charge in [-0.2, -0.15) is 13.2 Å². The maximum absolute atomic E-state index is 12.9. The molecule has 7 heteroatoms. The van der Waals surface area contributed by atoms with Crippen LogP contribution in [0.2, 0.25) is 0 Å². The SMILES string of the molecule is COC(=O)/C=C\c1ccnc(-c2cc(C)cc(C(F)(F)F)c2)n1. The number of ether oxygens (including phenoxy) is 1. The maximum atomic E-state index is 12.9. The van der Waals surface area contributed by atoms with E-state index in [0.717, 1.165) is 12.1 Å². The Bertz CT molecular complexity index is 755. The molecule has 0 amide bonds. The second kappa shape index (κ2) is 6.60. The fraction of sp³-hybridized carbons (Fsp3) is 0.188. The lowest BCUT2D eigenvalue weighted by atomic mass is 10.1. The highest BCUT2D eigenvalue weighted by molar-refractivity contribution is 5.86. The molecule has 0 fully saturated rings. The van der Waals surface area contributed by atoms with Crippen molar-refractivity contribution in [1.82, 2.24) is 9.97 Å². The Balaban J connectivity index is 2.41. The molecule has 0 aliphatic rings. The molecule has 4 nitrogen and oxygen atoms in total. The largest absolute Gasteiger partial charge is 0.466 e. The highest BCUT2D eigenvalue weighted by Crippen LogP contribution is 2.32. The van der Waals surface area contributed by atoms with E-state index in [1.165, 1.54) is 31.5 Å². The number of hydrogen-bond donors (Lipinski definition) is 0. The summed E-state index contributed by atoms with van der Waals surface area (Å²) >= 11 is 0. The number of esters is 1. The molecule has 120 valence electrons. The first-order valence-electron chi connectivity index (χ1n) is 6.58. The van der Waals surface area contributed by atoms with E-state index in [0.29, 0.717) is 11.3 Å². The number of hydrogen-bond acceptors (Lipinski definition) is 4. The lowest BCUT2D eigenvalue weighted by molar-refractivity contribution is -0.137. The molecule has 2 aromatic rings. The summed E-state index contributed by atoms with van der Waals surface area (Å²) < 4.78 is 43.1. The number of halogens is 3. The van der Waals surface area contributed by atoms with Gasteiger partial charge in [-0.3, -0.25) is 0 Å². The third-order valence-electron chi connectivity index (χ3n) is 2.93. The molecule has 0 aliphatic heterocycles. The van der Waals surface area contributed by atoms with Gasteiger partial charge in [-0.1, -0.05) is 0 Å². The molecule has 0 N–H and O–H groups in total. The van der Waals surface area contributed by atoms with Gasteiger partial charge in [0.15, 0.2) is 5.82 Å². The van der Waals surface area contributed by atoms with Crippen LogP contribution < -0.4 is 0 Å². The van der Waals surface area contributed by atoms with Crippen LogP contribution in [0.15, 0.2) is 36.5 Å². The van der Waals surface area contributed by atoms with Gasteiger partial charge in [0.25, 0.3) is 0 Å². The monoisotopic (exact) mass is 322 g/mol. The van der Waals surface area contributed by atoms with E-state index in [4.69, 9.17) is 0 Å². The summed E-state index contributed by atoms with van der Waals surface area (Å²) in [7, 11) is 1.24. The Morgan fingerprint density at radius 3 is 2.65 bits per heavy atom. The van der Waals surface area contributed by atoms with E-state index in [-0.39, 0.29) is 11.4 Å². The summed E-state index contributed by atoms with van der Waals surface area (Å²) in [5.74, 6) is -0.411. The van der Waals surface area contributed by atoms with Crippen LogP contribution >= 0.6 is 0 Å². The van der Waals surface area contributed by atoms with Crippen LogP contribution in [-0.2, 0) is 15.7 Å². The van der Waals surface area contributed by atoms with Gasteiger partial charge in [0.05, 0.1) is 18.4 Å². The van der Waals surface area contributed by atoms with Gasteiger partial charge < -0.3 is 4.74 Å². The summed E-state index contributed by atoms with van der Waals surface area (Å²) in [6, 6.07) is 5.16. The predicted molar refractivity (Wildman–Crippen MR) is 78.3 cm³/mol.